The van der Waals surface area contributed by atoms with Gasteiger partial charge in [0.05, 0.1) is 5.02 Å². The van der Waals surface area contributed by atoms with E-state index in [1.165, 1.54) is 0 Å². The van der Waals surface area contributed by atoms with Crippen LogP contribution in [0.5, 0.6) is 11.5 Å². The van der Waals surface area contributed by atoms with Crippen LogP contribution in [-0.2, 0) is 4.74 Å². The lowest BCUT2D eigenvalue weighted by Crippen LogP contribution is -2.28. The van der Waals surface area contributed by atoms with Gasteiger partial charge in [0.15, 0.2) is 11.6 Å². The second-order valence-electron chi connectivity index (χ2n) is 5.67. The van der Waals surface area contributed by atoms with Gasteiger partial charge in [0, 0.05) is 24.8 Å². The first kappa shape index (κ1) is 16.2. The van der Waals surface area contributed by atoms with Gasteiger partial charge in [-0.15, -0.1) is 0 Å². The standard InChI is InChI=1S/C18H19ClFNO2/c19-15-7-6-14(17(21)12-8-10-22-11-9-12)16(20)18(15)23-13-4-2-1-3-5-13/h1-7,12,17H,8-11,21H2/t17-/m1/s1. The maximum atomic E-state index is 14.9. The Hall–Kier alpha value is -1.62. The molecular weight excluding hydrogens is 317 g/mol. The zero-order valence-electron chi connectivity index (χ0n) is 12.7. The minimum absolute atomic E-state index is 0.0258. The van der Waals surface area contributed by atoms with Gasteiger partial charge in [-0.2, -0.15) is 0 Å². The minimum Gasteiger partial charge on any atom is -0.453 e. The Balaban J connectivity index is 1.88. The molecule has 0 amide bonds. The van der Waals surface area contributed by atoms with Gasteiger partial charge in [-0.3, -0.25) is 0 Å². The average molecular weight is 336 g/mol. The Morgan fingerprint density at radius 3 is 2.52 bits per heavy atom. The summed E-state index contributed by atoms with van der Waals surface area (Å²) in [5, 5.41) is 0.231. The molecule has 0 aliphatic carbocycles. The van der Waals surface area contributed by atoms with E-state index >= 15 is 0 Å². The van der Waals surface area contributed by atoms with Gasteiger partial charge in [-0.1, -0.05) is 35.9 Å². The molecule has 23 heavy (non-hydrogen) atoms. The Labute approximate surface area is 140 Å². The number of hydrogen-bond donors (Lipinski definition) is 1. The molecule has 3 rings (SSSR count). The van der Waals surface area contributed by atoms with E-state index in [0.717, 1.165) is 12.8 Å². The van der Waals surface area contributed by atoms with E-state index in [2.05, 4.69) is 0 Å². The summed E-state index contributed by atoms with van der Waals surface area (Å²) in [4.78, 5) is 0. The first-order valence-electron chi connectivity index (χ1n) is 7.71. The topological polar surface area (TPSA) is 44.5 Å². The predicted octanol–water partition coefficient (Wildman–Crippen LogP) is 4.70. The Bertz CT molecular complexity index is 660. The largest absolute Gasteiger partial charge is 0.453 e. The summed E-state index contributed by atoms with van der Waals surface area (Å²) in [6, 6.07) is 11.9. The smallest absolute Gasteiger partial charge is 0.181 e. The van der Waals surface area contributed by atoms with Gasteiger partial charge in [0.2, 0.25) is 0 Å². The molecule has 0 saturated carbocycles. The molecule has 1 saturated heterocycles. The number of hydrogen-bond acceptors (Lipinski definition) is 3. The molecule has 0 radical (unpaired) electrons. The molecule has 2 aromatic rings. The van der Waals surface area contributed by atoms with E-state index in [0.29, 0.717) is 24.5 Å². The second kappa shape index (κ2) is 7.30. The molecule has 122 valence electrons. The fraction of sp³-hybridized carbons (Fsp3) is 0.333. The summed E-state index contributed by atoms with van der Waals surface area (Å²) >= 11 is 6.12. The summed E-state index contributed by atoms with van der Waals surface area (Å²) in [6.07, 6.45) is 1.66. The van der Waals surface area contributed by atoms with Crippen molar-refractivity contribution < 1.29 is 13.9 Å². The molecule has 3 nitrogen and oxygen atoms in total. The molecular formula is C18H19ClFNO2. The highest BCUT2D eigenvalue weighted by Crippen LogP contribution is 2.38. The van der Waals surface area contributed by atoms with E-state index in [4.69, 9.17) is 26.8 Å². The second-order valence-corrected chi connectivity index (χ2v) is 6.08. The third-order valence-electron chi connectivity index (χ3n) is 4.17. The molecule has 1 atom stereocenters. The summed E-state index contributed by atoms with van der Waals surface area (Å²) in [5.74, 6) is 0.271. The molecule has 0 spiro atoms. The van der Waals surface area contributed by atoms with Gasteiger partial charge in [-0.05, 0) is 37.0 Å². The normalized spacial score (nSPS) is 17.0. The van der Waals surface area contributed by atoms with Crippen molar-refractivity contribution in [3.8, 4) is 11.5 Å². The highest BCUT2D eigenvalue weighted by molar-refractivity contribution is 6.32. The minimum atomic E-state index is -0.486. The quantitative estimate of drug-likeness (QED) is 0.881. The summed E-state index contributed by atoms with van der Waals surface area (Å²) in [5.41, 5.74) is 6.73. The van der Waals surface area contributed by atoms with Crippen molar-refractivity contribution in [2.45, 2.75) is 18.9 Å². The number of rotatable bonds is 4. The molecule has 1 aliphatic rings. The third-order valence-corrected chi connectivity index (χ3v) is 4.47. The molecule has 0 bridgehead atoms. The lowest BCUT2D eigenvalue weighted by molar-refractivity contribution is 0.0579. The van der Waals surface area contributed by atoms with Crippen molar-refractivity contribution in [3.05, 3.63) is 58.9 Å². The van der Waals surface area contributed by atoms with Crippen LogP contribution in [0.3, 0.4) is 0 Å². The third kappa shape index (κ3) is 3.66. The lowest BCUT2D eigenvalue weighted by Gasteiger charge is -2.28. The number of halogens is 2. The summed E-state index contributed by atoms with van der Waals surface area (Å²) in [6.45, 7) is 1.34. The van der Waals surface area contributed by atoms with E-state index in [-0.39, 0.29) is 16.7 Å². The van der Waals surface area contributed by atoms with Crippen LogP contribution in [0.4, 0.5) is 4.39 Å². The van der Waals surface area contributed by atoms with Gasteiger partial charge < -0.3 is 15.2 Å². The van der Waals surface area contributed by atoms with Crippen molar-refractivity contribution in [1.29, 1.82) is 0 Å². The van der Waals surface area contributed by atoms with Crippen LogP contribution in [0.2, 0.25) is 5.02 Å². The predicted molar refractivity (Wildman–Crippen MR) is 88.4 cm³/mol. The Kier molecular flexibility index (Phi) is 5.16. The highest BCUT2D eigenvalue weighted by Gasteiger charge is 2.26. The van der Waals surface area contributed by atoms with Gasteiger partial charge in [-0.25, -0.2) is 4.39 Å². The van der Waals surface area contributed by atoms with Crippen LogP contribution in [-0.4, -0.2) is 13.2 Å². The Morgan fingerprint density at radius 2 is 1.83 bits per heavy atom. The van der Waals surface area contributed by atoms with Crippen molar-refractivity contribution in [2.24, 2.45) is 11.7 Å². The molecule has 1 fully saturated rings. The zero-order chi connectivity index (χ0) is 16.2. The monoisotopic (exact) mass is 335 g/mol. The van der Waals surface area contributed by atoms with Crippen LogP contribution in [0.25, 0.3) is 0 Å². The summed E-state index contributed by atoms with van der Waals surface area (Å²) in [7, 11) is 0. The zero-order valence-corrected chi connectivity index (χ0v) is 13.4. The number of ether oxygens (including phenoxy) is 2. The molecule has 1 aliphatic heterocycles. The van der Waals surface area contributed by atoms with Crippen LogP contribution >= 0.6 is 11.6 Å². The maximum absolute atomic E-state index is 14.9. The molecule has 5 heteroatoms. The molecule has 1 heterocycles. The van der Waals surface area contributed by atoms with Crippen LogP contribution in [0.15, 0.2) is 42.5 Å². The Morgan fingerprint density at radius 1 is 1.13 bits per heavy atom. The average Bonchev–Trinajstić information content (AvgIpc) is 2.60. The fourth-order valence-corrected chi connectivity index (χ4v) is 3.02. The van der Waals surface area contributed by atoms with Gasteiger partial charge in [0.1, 0.15) is 5.75 Å². The van der Waals surface area contributed by atoms with Crippen molar-refractivity contribution in [1.82, 2.24) is 0 Å². The van der Waals surface area contributed by atoms with Crippen molar-refractivity contribution >= 4 is 11.6 Å². The lowest BCUT2D eigenvalue weighted by atomic mass is 9.87. The van der Waals surface area contributed by atoms with Crippen molar-refractivity contribution in [3.63, 3.8) is 0 Å². The van der Waals surface area contributed by atoms with Gasteiger partial charge >= 0.3 is 0 Å². The number of benzene rings is 2. The van der Waals surface area contributed by atoms with E-state index in [1.54, 1.807) is 24.3 Å². The van der Waals surface area contributed by atoms with Crippen molar-refractivity contribution in [2.75, 3.05) is 13.2 Å². The van der Waals surface area contributed by atoms with E-state index in [1.807, 2.05) is 18.2 Å². The van der Waals surface area contributed by atoms with E-state index < -0.39 is 11.9 Å². The van der Waals surface area contributed by atoms with Crippen LogP contribution in [0, 0.1) is 11.7 Å². The van der Waals surface area contributed by atoms with Crippen LogP contribution in [0.1, 0.15) is 24.4 Å². The fourth-order valence-electron chi connectivity index (χ4n) is 2.83. The molecule has 2 aromatic carbocycles. The number of nitrogens with two attached hydrogens (primary N) is 1. The first-order chi connectivity index (χ1) is 11.2. The number of para-hydroxylation sites is 1. The first-order valence-corrected chi connectivity index (χ1v) is 8.08. The maximum Gasteiger partial charge on any atom is 0.181 e. The van der Waals surface area contributed by atoms with Gasteiger partial charge in [0.25, 0.3) is 0 Å². The van der Waals surface area contributed by atoms with Crippen LogP contribution < -0.4 is 10.5 Å². The molecule has 0 unspecified atom stereocenters. The SMILES string of the molecule is N[C@@H](c1ccc(Cl)c(Oc2ccccc2)c1F)C1CCOCC1. The molecule has 0 aromatic heterocycles. The van der Waals surface area contributed by atoms with E-state index in [9.17, 15) is 4.39 Å². The summed E-state index contributed by atoms with van der Waals surface area (Å²) < 4.78 is 25.9. The highest BCUT2D eigenvalue weighted by atomic mass is 35.5. The molecule has 2 N–H and O–H groups in total.